The van der Waals surface area contributed by atoms with Gasteiger partial charge in [0.2, 0.25) is 5.91 Å². The highest BCUT2D eigenvalue weighted by molar-refractivity contribution is 5.96. The van der Waals surface area contributed by atoms with Gasteiger partial charge in [-0.2, -0.15) is 0 Å². The van der Waals surface area contributed by atoms with Crippen molar-refractivity contribution in [3.8, 4) is 5.75 Å². The van der Waals surface area contributed by atoms with Crippen molar-refractivity contribution in [1.29, 1.82) is 0 Å². The summed E-state index contributed by atoms with van der Waals surface area (Å²) in [6.07, 6.45) is 1.46. The molecule has 1 saturated heterocycles. The van der Waals surface area contributed by atoms with Crippen molar-refractivity contribution >= 4 is 17.8 Å². The summed E-state index contributed by atoms with van der Waals surface area (Å²) in [4.78, 5) is 40.8. The zero-order chi connectivity index (χ0) is 23.8. The number of amides is 2. The van der Waals surface area contributed by atoms with Gasteiger partial charge in [-0.1, -0.05) is 35.9 Å². The van der Waals surface area contributed by atoms with E-state index >= 15 is 0 Å². The van der Waals surface area contributed by atoms with Gasteiger partial charge in [-0.15, -0.1) is 0 Å². The minimum absolute atomic E-state index is 0.0528. The molecule has 0 radical (unpaired) electrons. The average molecular weight is 453 g/mol. The second kappa shape index (κ2) is 11.5. The summed E-state index contributed by atoms with van der Waals surface area (Å²) in [6, 6.07) is 15.0. The van der Waals surface area contributed by atoms with Crippen LogP contribution in [0, 0.1) is 12.8 Å². The van der Waals surface area contributed by atoms with Crippen LogP contribution in [-0.2, 0) is 20.9 Å². The van der Waals surface area contributed by atoms with Gasteiger partial charge < -0.3 is 19.3 Å². The second-order valence-corrected chi connectivity index (χ2v) is 8.40. The molecule has 1 aliphatic heterocycles. The summed E-state index contributed by atoms with van der Waals surface area (Å²) >= 11 is 0. The van der Waals surface area contributed by atoms with Gasteiger partial charge in [-0.25, -0.2) is 0 Å². The molecule has 0 spiro atoms. The van der Waals surface area contributed by atoms with Gasteiger partial charge in [0, 0.05) is 25.7 Å². The number of nitrogens with zero attached hydrogens (tertiary/aromatic N) is 2. The highest BCUT2D eigenvalue weighted by Gasteiger charge is 2.30. The van der Waals surface area contributed by atoms with Gasteiger partial charge in [0.15, 0.2) is 0 Å². The Labute approximate surface area is 195 Å². The Bertz CT molecular complexity index is 990. The molecule has 33 heavy (non-hydrogen) atoms. The van der Waals surface area contributed by atoms with Crippen LogP contribution in [-0.4, -0.2) is 60.9 Å². The molecule has 2 amide bonds. The summed E-state index contributed by atoms with van der Waals surface area (Å²) in [5, 5.41) is 0. The van der Waals surface area contributed by atoms with E-state index in [1.165, 1.54) is 4.90 Å². The van der Waals surface area contributed by atoms with E-state index in [-0.39, 0.29) is 30.2 Å². The standard InChI is InChI=1S/C26H32N2O5/c1-4-32-26(31)22-11-7-13-28(16-22)24(29)17-27(3)25(30)21-10-6-12-23(15-21)33-18-20-9-5-8-19(2)14-20/h5-6,8-10,12,14-15,22H,4,7,11,13,16-18H2,1-3H3. The predicted octanol–water partition coefficient (Wildman–Crippen LogP) is 3.45. The molecule has 3 rings (SSSR count). The van der Waals surface area contributed by atoms with Crippen LogP contribution < -0.4 is 4.74 Å². The molecular weight excluding hydrogens is 420 g/mol. The predicted molar refractivity (Wildman–Crippen MR) is 125 cm³/mol. The molecule has 0 bridgehead atoms. The Morgan fingerprint density at radius 3 is 2.67 bits per heavy atom. The van der Waals surface area contributed by atoms with Crippen molar-refractivity contribution in [2.24, 2.45) is 5.92 Å². The Morgan fingerprint density at radius 2 is 1.91 bits per heavy atom. The van der Waals surface area contributed by atoms with E-state index in [0.29, 0.717) is 44.0 Å². The minimum Gasteiger partial charge on any atom is -0.489 e. The fourth-order valence-corrected chi connectivity index (χ4v) is 3.94. The zero-order valence-corrected chi connectivity index (χ0v) is 19.6. The Balaban J connectivity index is 1.56. The maximum Gasteiger partial charge on any atom is 0.310 e. The lowest BCUT2D eigenvalue weighted by Gasteiger charge is -2.32. The number of esters is 1. The molecule has 0 saturated carbocycles. The van der Waals surface area contributed by atoms with Crippen molar-refractivity contribution < 1.29 is 23.9 Å². The monoisotopic (exact) mass is 452 g/mol. The number of ether oxygens (including phenoxy) is 2. The topological polar surface area (TPSA) is 76.2 Å². The number of aryl methyl sites for hydroxylation is 1. The number of rotatable bonds is 8. The van der Waals surface area contributed by atoms with Crippen LogP contribution >= 0.6 is 0 Å². The third-order valence-corrected chi connectivity index (χ3v) is 5.68. The molecule has 7 nitrogen and oxygen atoms in total. The lowest BCUT2D eigenvalue weighted by Crippen LogP contribution is -2.47. The minimum atomic E-state index is -0.300. The van der Waals surface area contributed by atoms with Gasteiger partial charge >= 0.3 is 5.97 Å². The molecule has 7 heteroatoms. The Hall–Kier alpha value is -3.35. The normalized spacial score (nSPS) is 15.6. The van der Waals surface area contributed by atoms with Crippen molar-refractivity contribution in [3.05, 3.63) is 65.2 Å². The van der Waals surface area contributed by atoms with Gasteiger partial charge in [0.1, 0.15) is 12.4 Å². The van der Waals surface area contributed by atoms with E-state index in [1.807, 2.05) is 25.1 Å². The quantitative estimate of drug-likeness (QED) is 0.574. The third kappa shape index (κ3) is 6.81. The van der Waals surface area contributed by atoms with E-state index in [2.05, 4.69) is 6.07 Å². The number of piperidine rings is 1. The number of hydrogen-bond acceptors (Lipinski definition) is 5. The van der Waals surface area contributed by atoms with E-state index in [4.69, 9.17) is 9.47 Å². The molecule has 1 fully saturated rings. The first kappa shape index (κ1) is 24.3. The fourth-order valence-electron chi connectivity index (χ4n) is 3.94. The van der Waals surface area contributed by atoms with Crippen LogP contribution in [0.3, 0.4) is 0 Å². The van der Waals surface area contributed by atoms with Gasteiger partial charge in [0.25, 0.3) is 5.91 Å². The molecule has 2 aromatic carbocycles. The summed E-state index contributed by atoms with van der Waals surface area (Å²) < 4.78 is 11.0. The van der Waals surface area contributed by atoms with E-state index in [9.17, 15) is 14.4 Å². The van der Waals surface area contributed by atoms with E-state index < -0.39 is 0 Å². The molecule has 0 N–H and O–H groups in total. The largest absolute Gasteiger partial charge is 0.489 e. The number of hydrogen-bond donors (Lipinski definition) is 0. The Kier molecular flexibility index (Phi) is 8.46. The molecule has 0 aliphatic carbocycles. The molecule has 1 unspecified atom stereocenters. The highest BCUT2D eigenvalue weighted by atomic mass is 16.5. The van der Waals surface area contributed by atoms with Crippen molar-refractivity contribution in [2.75, 3.05) is 33.3 Å². The first-order chi connectivity index (χ1) is 15.9. The molecule has 1 atom stereocenters. The molecule has 0 aromatic heterocycles. The first-order valence-electron chi connectivity index (χ1n) is 11.4. The van der Waals surface area contributed by atoms with Crippen LogP contribution in [0.4, 0.5) is 0 Å². The van der Waals surface area contributed by atoms with Crippen molar-refractivity contribution in [3.63, 3.8) is 0 Å². The smallest absolute Gasteiger partial charge is 0.310 e. The van der Waals surface area contributed by atoms with Crippen LogP contribution in [0.5, 0.6) is 5.75 Å². The van der Waals surface area contributed by atoms with Gasteiger partial charge in [0.05, 0.1) is 19.1 Å². The summed E-state index contributed by atoms with van der Waals surface area (Å²) in [5.41, 5.74) is 2.67. The molecule has 176 valence electrons. The number of likely N-dealkylation sites (N-methyl/N-ethyl adjacent to an activating group) is 1. The number of carbonyl (C=O) groups is 3. The van der Waals surface area contributed by atoms with Gasteiger partial charge in [-0.3, -0.25) is 14.4 Å². The van der Waals surface area contributed by atoms with E-state index in [1.54, 1.807) is 43.1 Å². The van der Waals surface area contributed by atoms with Crippen LogP contribution in [0.2, 0.25) is 0 Å². The molecule has 2 aromatic rings. The Morgan fingerprint density at radius 1 is 1.12 bits per heavy atom. The van der Waals surface area contributed by atoms with Crippen molar-refractivity contribution in [2.45, 2.75) is 33.3 Å². The maximum atomic E-state index is 12.9. The molecule has 1 heterocycles. The average Bonchev–Trinajstić information content (AvgIpc) is 2.82. The summed E-state index contributed by atoms with van der Waals surface area (Å²) in [7, 11) is 1.60. The van der Waals surface area contributed by atoms with Crippen LogP contribution in [0.1, 0.15) is 41.3 Å². The van der Waals surface area contributed by atoms with Crippen molar-refractivity contribution in [1.82, 2.24) is 9.80 Å². The van der Waals surface area contributed by atoms with E-state index in [0.717, 1.165) is 17.5 Å². The second-order valence-electron chi connectivity index (χ2n) is 8.40. The van der Waals surface area contributed by atoms with Crippen LogP contribution in [0.15, 0.2) is 48.5 Å². The summed E-state index contributed by atoms with van der Waals surface area (Å²) in [6.45, 7) is 5.40. The highest BCUT2D eigenvalue weighted by Crippen LogP contribution is 2.19. The molecule has 1 aliphatic rings. The maximum absolute atomic E-state index is 12.9. The lowest BCUT2D eigenvalue weighted by molar-refractivity contribution is -0.151. The van der Waals surface area contributed by atoms with Gasteiger partial charge in [-0.05, 0) is 50.5 Å². The fraction of sp³-hybridized carbons (Fsp3) is 0.423. The lowest BCUT2D eigenvalue weighted by atomic mass is 9.98. The first-order valence-corrected chi connectivity index (χ1v) is 11.4. The third-order valence-electron chi connectivity index (χ3n) is 5.68. The van der Waals surface area contributed by atoms with Crippen LogP contribution in [0.25, 0.3) is 0 Å². The molecular formula is C26H32N2O5. The number of benzene rings is 2. The zero-order valence-electron chi connectivity index (χ0n) is 19.6. The number of carbonyl (C=O) groups excluding carboxylic acids is 3. The number of likely N-dealkylation sites (tertiary alicyclic amines) is 1. The summed E-state index contributed by atoms with van der Waals surface area (Å²) in [5.74, 6) is -0.404. The SMILES string of the molecule is CCOC(=O)C1CCCN(C(=O)CN(C)C(=O)c2cccc(OCc3cccc(C)c3)c2)C1.